The van der Waals surface area contributed by atoms with E-state index in [0.29, 0.717) is 5.82 Å². The molecule has 0 unspecified atom stereocenters. The first-order valence-corrected chi connectivity index (χ1v) is 5.31. The molecular weight excluding hydrogens is 200 g/mol. The summed E-state index contributed by atoms with van der Waals surface area (Å²) in [6, 6.07) is 9.96. The van der Waals surface area contributed by atoms with Crippen LogP contribution in [0, 0.1) is 0 Å². The van der Waals surface area contributed by atoms with Crippen LogP contribution < -0.4 is 5.73 Å². The molecule has 3 nitrogen and oxygen atoms in total. The van der Waals surface area contributed by atoms with E-state index in [-0.39, 0.29) is 5.41 Å². The molecular formula is C13H16N2O. The maximum atomic E-state index is 5.87. The Balaban J connectivity index is 2.61. The van der Waals surface area contributed by atoms with E-state index >= 15 is 0 Å². The van der Waals surface area contributed by atoms with Gasteiger partial charge in [-0.25, -0.2) is 0 Å². The number of hydrogen-bond acceptors (Lipinski definition) is 3. The number of benzene rings is 1. The highest BCUT2D eigenvalue weighted by Crippen LogP contribution is 2.36. The summed E-state index contributed by atoms with van der Waals surface area (Å²) in [5, 5.41) is 3.86. The molecule has 0 saturated carbocycles. The highest BCUT2D eigenvalue weighted by molar-refractivity contribution is 5.76. The number of hydrogen-bond donors (Lipinski definition) is 1. The summed E-state index contributed by atoms with van der Waals surface area (Å²) in [5.74, 6) is 1.28. The third-order valence-corrected chi connectivity index (χ3v) is 2.46. The first-order valence-electron chi connectivity index (χ1n) is 5.31. The lowest BCUT2D eigenvalue weighted by atomic mass is 9.88. The zero-order valence-corrected chi connectivity index (χ0v) is 9.82. The molecule has 0 radical (unpaired) electrons. The van der Waals surface area contributed by atoms with Gasteiger partial charge in [0.1, 0.15) is 0 Å². The molecule has 2 N–H and O–H groups in total. The van der Waals surface area contributed by atoms with Gasteiger partial charge in [-0.3, -0.25) is 0 Å². The zero-order valence-electron chi connectivity index (χ0n) is 9.82. The van der Waals surface area contributed by atoms with Crippen LogP contribution in [0.1, 0.15) is 26.5 Å². The van der Waals surface area contributed by atoms with Crippen LogP contribution in [0.3, 0.4) is 0 Å². The van der Waals surface area contributed by atoms with Gasteiger partial charge in [0.25, 0.3) is 0 Å². The second-order valence-electron chi connectivity index (χ2n) is 4.89. The Morgan fingerprint density at radius 2 is 1.75 bits per heavy atom. The van der Waals surface area contributed by atoms with Crippen molar-refractivity contribution in [3.8, 4) is 11.1 Å². The van der Waals surface area contributed by atoms with E-state index in [1.807, 2.05) is 30.3 Å². The molecule has 84 valence electrons. The molecule has 0 spiro atoms. The van der Waals surface area contributed by atoms with Crippen molar-refractivity contribution in [3.05, 3.63) is 36.1 Å². The van der Waals surface area contributed by atoms with E-state index in [1.54, 1.807) is 0 Å². The molecule has 1 aromatic heterocycles. The number of rotatable bonds is 1. The van der Waals surface area contributed by atoms with Crippen molar-refractivity contribution in [2.45, 2.75) is 26.2 Å². The fraction of sp³-hybridized carbons (Fsp3) is 0.308. The smallest absolute Gasteiger partial charge is 0.175 e. The van der Waals surface area contributed by atoms with Gasteiger partial charge in [-0.05, 0) is 5.56 Å². The van der Waals surface area contributed by atoms with Crippen LogP contribution in [0.4, 0.5) is 5.82 Å². The van der Waals surface area contributed by atoms with Crippen LogP contribution in [-0.4, -0.2) is 5.16 Å². The van der Waals surface area contributed by atoms with E-state index in [4.69, 9.17) is 10.3 Å². The minimum atomic E-state index is -0.101. The van der Waals surface area contributed by atoms with Gasteiger partial charge in [0.15, 0.2) is 11.6 Å². The largest absolute Gasteiger partial charge is 0.380 e. The summed E-state index contributed by atoms with van der Waals surface area (Å²) in [5.41, 5.74) is 7.72. The number of nitrogens with zero attached hydrogens (tertiary/aromatic N) is 1. The average Bonchev–Trinajstić information content (AvgIpc) is 2.61. The lowest BCUT2D eigenvalue weighted by molar-refractivity contribution is 0.332. The highest BCUT2D eigenvalue weighted by atomic mass is 16.5. The van der Waals surface area contributed by atoms with Crippen molar-refractivity contribution >= 4 is 5.82 Å². The zero-order chi connectivity index (χ0) is 11.8. The fourth-order valence-electron chi connectivity index (χ4n) is 1.70. The van der Waals surface area contributed by atoms with Crippen molar-refractivity contribution in [2.24, 2.45) is 0 Å². The van der Waals surface area contributed by atoms with Gasteiger partial charge in [-0.2, -0.15) is 0 Å². The molecule has 0 atom stereocenters. The molecule has 2 aromatic rings. The van der Waals surface area contributed by atoms with Gasteiger partial charge in [0.05, 0.1) is 5.56 Å². The SMILES string of the molecule is CC(C)(C)c1onc(N)c1-c1ccccc1. The predicted molar refractivity (Wildman–Crippen MR) is 65.1 cm³/mol. The van der Waals surface area contributed by atoms with Crippen molar-refractivity contribution < 1.29 is 4.52 Å². The topological polar surface area (TPSA) is 52.0 Å². The molecule has 0 aliphatic carbocycles. The van der Waals surface area contributed by atoms with Gasteiger partial charge in [-0.15, -0.1) is 0 Å². The molecule has 3 heteroatoms. The molecule has 0 saturated heterocycles. The Labute approximate surface area is 95.3 Å². The maximum absolute atomic E-state index is 5.87. The van der Waals surface area contributed by atoms with Gasteiger partial charge < -0.3 is 10.3 Å². The number of anilines is 1. The first kappa shape index (κ1) is 10.7. The summed E-state index contributed by atoms with van der Waals surface area (Å²) in [4.78, 5) is 0. The summed E-state index contributed by atoms with van der Waals surface area (Å²) < 4.78 is 5.34. The molecule has 0 aliphatic rings. The van der Waals surface area contributed by atoms with E-state index in [1.165, 1.54) is 0 Å². The second-order valence-corrected chi connectivity index (χ2v) is 4.89. The molecule has 0 amide bonds. The molecule has 16 heavy (non-hydrogen) atoms. The van der Waals surface area contributed by atoms with E-state index < -0.39 is 0 Å². The summed E-state index contributed by atoms with van der Waals surface area (Å²) >= 11 is 0. The van der Waals surface area contributed by atoms with Crippen LogP contribution in [0.25, 0.3) is 11.1 Å². The Morgan fingerprint density at radius 1 is 1.12 bits per heavy atom. The van der Waals surface area contributed by atoms with Gasteiger partial charge in [0, 0.05) is 5.41 Å². The number of nitrogen functional groups attached to an aromatic ring is 1. The Hall–Kier alpha value is -1.77. The van der Waals surface area contributed by atoms with Crippen molar-refractivity contribution in [1.82, 2.24) is 5.16 Å². The fourth-order valence-corrected chi connectivity index (χ4v) is 1.70. The average molecular weight is 216 g/mol. The Kier molecular flexibility index (Phi) is 2.46. The van der Waals surface area contributed by atoms with Crippen LogP contribution in [-0.2, 0) is 5.41 Å². The molecule has 1 heterocycles. The Bertz CT molecular complexity index is 480. The van der Waals surface area contributed by atoms with E-state index in [2.05, 4.69) is 25.9 Å². The first-order chi connectivity index (χ1) is 7.50. The lowest BCUT2D eigenvalue weighted by Gasteiger charge is -2.16. The highest BCUT2D eigenvalue weighted by Gasteiger charge is 2.26. The van der Waals surface area contributed by atoms with Crippen molar-refractivity contribution in [2.75, 3.05) is 5.73 Å². The molecule has 0 fully saturated rings. The van der Waals surface area contributed by atoms with Gasteiger partial charge >= 0.3 is 0 Å². The molecule has 2 rings (SSSR count). The second kappa shape index (κ2) is 3.67. The Morgan fingerprint density at radius 3 is 2.31 bits per heavy atom. The van der Waals surface area contributed by atoms with Gasteiger partial charge in [0.2, 0.25) is 0 Å². The van der Waals surface area contributed by atoms with E-state index in [9.17, 15) is 0 Å². The molecule has 1 aromatic carbocycles. The van der Waals surface area contributed by atoms with Crippen molar-refractivity contribution in [1.29, 1.82) is 0 Å². The molecule has 0 aliphatic heterocycles. The predicted octanol–water partition coefficient (Wildman–Crippen LogP) is 3.22. The minimum Gasteiger partial charge on any atom is -0.380 e. The van der Waals surface area contributed by atoms with Crippen LogP contribution in [0.2, 0.25) is 0 Å². The quantitative estimate of drug-likeness (QED) is 0.796. The summed E-state index contributed by atoms with van der Waals surface area (Å²) in [6.07, 6.45) is 0. The number of nitrogens with two attached hydrogens (primary N) is 1. The standard InChI is InChI=1S/C13H16N2O/c1-13(2,3)11-10(12(14)15-16-11)9-7-5-4-6-8-9/h4-8H,1-3H3,(H2,14,15). The van der Waals surface area contributed by atoms with E-state index in [0.717, 1.165) is 16.9 Å². The molecule has 0 bridgehead atoms. The number of aromatic nitrogens is 1. The van der Waals surface area contributed by atoms with Crippen LogP contribution in [0.15, 0.2) is 34.9 Å². The third kappa shape index (κ3) is 1.81. The summed E-state index contributed by atoms with van der Waals surface area (Å²) in [7, 11) is 0. The summed E-state index contributed by atoms with van der Waals surface area (Å²) in [6.45, 7) is 6.25. The minimum absolute atomic E-state index is 0.101. The maximum Gasteiger partial charge on any atom is 0.175 e. The van der Waals surface area contributed by atoms with Crippen LogP contribution in [0.5, 0.6) is 0 Å². The lowest BCUT2D eigenvalue weighted by Crippen LogP contribution is -2.11. The van der Waals surface area contributed by atoms with Gasteiger partial charge in [-0.1, -0.05) is 56.3 Å². The van der Waals surface area contributed by atoms with Crippen LogP contribution >= 0.6 is 0 Å². The normalized spacial score (nSPS) is 11.7. The third-order valence-electron chi connectivity index (χ3n) is 2.46. The monoisotopic (exact) mass is 216 g/mol. The van der Waals surface area contributed by atoms with Crippen molar-refractivity contribution in [3.63, 3.8) is 0 Å².